The SMILES string of the molecule is CC1CCC(c2ccc(-c3cc(F)c(SC#N)c(F)c3)c(F)c2)CC1. The molecule has 0 saturated heterocycles. The molecule has 1 fully saturated rings. The Morgan fingerprint density at radius 2 is 1.60 bits per heavy atom. The highest BCUT2D eigenvalue weighted by molar-refractivity contribution is 8.03. The molecule has 1 aliphatic rings. The van der Waals surface area contributed by atoms with Crippen LogP contribution in [0.2, 0.25) is 0 Å². The molecule has 2 aromatic carbocycles. The number of nitrogens with zero attached hydrogens (tertiary/aromatic N) is 1. The van der Waals surface area contributed by atoms with Crippen molar-refractivity contribution in [2.24, 2.45) is 5.92 Å². The number of nitriles is 1. The molecule has 1 nitrogen and oxygen atoms in total. The van der Waals surface area contributed by atoms with Gasteiger partial charge in [0.25, 0.3) is 0 Å². The molecule has 0 aromatic heterocycles. The van der Waals surface area contributed by atoms with Crippen LogP contribution in [0.15, 0.2) is 35.2 Å². The van der Waals surface area contributed by atoms with E-state index in [1.165, 1.54) is 6.07 Å². The van der Waals surface area contributed by atoms with Crippen molar-refractivity contribution in [3.05, 3.63) is 53.3 Å². The van der Waals surface area contributed by atoms with Crippen LogP contribution in [0.5, 0.6) is 0 Å². The topological polar surface area (TPSA) is 23.8 Å². The first-order valence-electron chi connectivity index (χ1n) is 8.34. The average molecular weight is 361 g/mol. The Labute approximate surface area is 149 Å². The van der Waals surface area contributed by atoms with Crippen LogP contribution in [0.4, 0.5) is 13.2 Å². The molecule has 1 aliphatic carbocycles. The zero-order valence-corrected chi connectivity index (χ0v) is 14.7. The molecule has 0 bridgehead atoms. The third-order valence-corrected chi connectivity index (χ3v) is 5.62. The van der Waals surface area contributed by atoms with Crippen LogP contribution in [-0.4, -0.2) is 0 Å². The van der Waals surface area contributed by atoms with E-state index >= 15 is 0 Å². The van der Waals surface area contributed by atoms with Gasteiger partial charge in [-0.1, -0.05) is 31.9 Å². The van der Waals surface area contributed by atoms with Gasteiger partial charge >= 0.3 is 0 Å². The smallest absolute Gasteiger partial charge is 0.141 e. The molecule has 130 valence electrons. The minimum absolute atomic E-state index is 0.138. The number of halogens is 3. The van der Waals surface area contributed by atoms with Gasteiger partial charge in [-0.25, -0.2) is 13.2 Å². The van der Waals surface area contributed by atoms with E-state index in [1.807, 2.05) is 6.07 Å². The third-order valence-electron chi connectivity index (χ3n) is 4.94. The zero-order chi connectivity index (χ0) is 18.0. The molecule has 0 N–H and O–H groups in total. The number of thioether (sulfide) groups is 1. The van der Waals surface area contributed by atoms with Gasteiger partial charge in [-0.3, -0.25) is 0 Å². The van der Waals surface area contributed by atoms with Crippen LogP contribution in [-0.2, 0) is 0 Å². The first-order valence-corrected chi connectivity index (χ1v) is 9.16. The van der Waals surface area contributed by atoms with Gasteiger partial charge in [0.15, 0.2) is 0 Å². The van der Waals surface area contributed by atoms with Crippen molar-refractivity contribution in [2.45, 2.75) is 43.4 Å². The summed E-state index contributed by atoms with van der Waals surface area (Å²) < 4.78 is 42.6. The second kappa shape index (κ2) is 7.53. The van der Waals surface area contributed by atoms with E-state index in [9.17, 15) is 13.2 Å². The molecular weight excluding hydrogens is 343 g/mol. The molecular formula is C20H18F3NS. The van der Waals surface area contributed by atoms with Gasteiger partial charge in [0.2, 0.25) is 0 Å². The van der Waals surface area contributed by atoms with Crippen molar-refractivity contribution in [1.82, 2.24) is 0 Å². The lowest BCUT2D eigenvalue weighted by Crippen LogP contribution is -2.11. The minimum Gasteiger partial charge on any atom is -0.206 e. The average Bonchev–Trinajstić information content (AvgIpc) is 2.58. The summed E-state index contributed by atoms with van der Waals surface area (Å²) in [6.45, 7) is 2.23. The maximum absolute atomic E-state index is 14.6. The van der Waals surface area contributed by atoms with Gasteiger partial charge in [0.05, 0.1) is 4.90 Å². The van der Waals surface area contributed by atoms with Crippen molar-refractivity contribution in [3.8, 4) is 16.5 Å². The van der Waals surface area contributed by atoms with Crippen molar-refractivity contribution < 1.29 is 13.2 Å². The lowest BCUT2D eigenvalue weighted by atomic mass is 9.79. The molecule has 0 aliphatic heterocycles. The second-order valence-electron chi connectivity index (χ2n) is 6.66. The van der Waals surface area contributed by atoms with Gasteiger partial charge < -0.3 is 0 Å². The van der Waals surface area contributed by atoms with E-state index < -0.39 is 17.5 Å². The van der Waals surface area contributed by atoms with Gasteiger partial charge in [0.1, 0.15) is 22.9 Å². The van der Waals surface area contributed by atoms with Crippen molar-refractivity contribution in [1.29, 1.82) is 5.26 Å². The normalized spacial score (nSPS) is 20.3. The van der Waals surface area contributed by atoms with E-state index in [2.05, 4.69) is 6.92 Å². The Morgan fingerprint density at radius 3 is 2.16 bits per heavy atom. The molecule has 3 rings (SSSR count). The fraction of sp³-hybridized carbons (Fsp3) is 0.350. The molecule has 0 unspecified atom stereocenters. The summed E-state index contributed by atoms with van der Waals surface area (Å²) >= 11 is 0.420. The quantitative estimate of drug-likeness (QED) is 0.452. The molecule has 0 atom stereocenters. The van der Waals surface area contributed by atoms with Gasteiger partial charge in [-0.15, -0.1) is 0 Å². The monoisotopic (exact) mass is 361 g/mol. The van der Waals surface area contributed by atoms with Crippen LogP contribution in [0.25, 0.3) is 11.1 Å². The molecule has 0 spiro atoms. The van der Waals surface area contributed by atoms with E-state index in [1.54, 1.807) is 11.5 Å². The van der Waals surface area contributed by atoms with Crippen LogP contribution in [0, 0.1) is 34.0 Å². The molecule has 2 aromatic rings. The van der Waals surface area contributed by atoms with E-state index in [-0.39, 0.29) is 16.0 Å². The third kappa shape index (κ3) is 3.85. The van der Waals surface area contributed by atoms with E-state index in [0.717, 1.165) is 49.3 Å². The zero-order valence-electron chi connectivity index (χ0n) is 13.9. The number of thiocyanates is 1. The summed E-state index contributed by atoms with van der Waals surface area (Å²) in [5.74, 6) is -1.12. The molecule has 0 heterocycles. The van der Waals surface area contributed by atoms with Crippen molar-refractivity contribution in [3.63, 3.8) is 0 Å². The molecule has 5 heteroatoms. The first kappa shape index (κ1) is 17.9. The molecule has 1 saturated carbocycles. The highest BCUT2D eigenvalue weighted by Gasteiger charge is 2.21. The first-order chi connectivity index (χ1) is 12.0. The van der Waals surface area contributed by atoms with Crippen LogP contribution in [0.1, 0.15) is 44.1 Å². The summed E-state index contributed by atoms with van der Waals surface area (Å²) in [6, 6.07) is 7.08. The molecule has 25 heavy (non-hydrogen) atoms. The number of benzene rings is 2. The van der Waals surface area contributed by atoms with Crippen LogP contribution < -0.4 is 0 Å². The van der Waals surface area contributed by atoms with Crippen LogP contribution >= 0.6 is 11.8 Å². The van der Waals surface area contributed by atoms with E-state index in [4.69, 9.17) is 5.26 Å². The predicted molar refractivity (Wildman–Crippen MR) is 93.6 cm³/mol. The Morgan fingerprint density at radius 1 is 0.960 bits per heavy atom. The summed E-state index contributed by atoms with van der Waals surface area (Å²) in [7, 11) is 0. The Hall–Kier alpha value is -1.93. The highest BCUT2D eigenvalue weighted by Crippen LogP contribution is 2.37. The van der Waals surface area contributed by atoms with Gasteiger partial charge in [-0.2, -0.15) is 5.26 Å². The maximum Gasteiger partial charge on any atom is 0.141 e. The second-order valence-corrected chi connectivity index (χ2v) is 7.45. The minimum atomic E-state index is -0.855. The van der Waals surface area contributed by atoms with Gasteiger partial charge in [0, 0.05) is 5.56 Å². The Bertz CT molecular complexity index is 797. The fourth-order valence-electron chi connectivity index (χ4n) is 3.47. The Balaban J connectivity index is 1.90. The summed E-state index contributed by atoms with van der Waals surface area (Å²) in [5.41, 5.74) is 1.25. The standard InChI is InChI=1S/C20H18F3NS/c1-12-2-4-13(5-3-12)14-6-7-16(17(21)8-14)15-9-18(22)20(25-11-24)19(23)10-15/h6-10,12-13H,2-5H2,1H3. The van der Waals surface area contributed by atoms with Crippen LogP contribution in [0.3, 0.4) is 0 Å². The Kier molecular flexibility index (Phi) is 5.39. The number of hydrogen-bond acceptors (Lipinski definition) is 2. The number of rotatable bonds is 3. The lowest BCUT2D eigenvalue weighted by Gasteiger charge is -2.26. The lowest BCUT2D eigenvalue weighted by molar-refractivity contribution is 0.347. The summed E-state index contributed by atoms with van der Waals surface area (Å²) in [4.78, 5) is -0.361. The number of hydrogen-bond donors (Lipinski definition) is 0. The molecule has 0 amide bonds. The fourth-order valence-corrected chi connectivity index (χ4v) is 3.88. The van der Waals surface area contributed by atoms with Crippen molar-refractivity contribution in [2.75, 3.05) is 0 Å². The largest absolute Gasteiger partial charge is 0.206 e. The summed E-state index contributed by atoms with van der Waals surface area (Å²) in [5, 5.41) is 10.2. The van der Waals surface area contributed by atoms with Crippen molar-refractivity contribution >= 4 is 11.8 Å². The van der Waals surface area contributed by atoms with E-state index in [0.29, 0.717) is 17.7 Å². The van der Waals surface area contributed by atoms with Gasteiger partial charge in [-0.05, 0) is 65.8 Å². The molecule has 0 radical (unpaired) electrons. The maximum atomic E-state index is 14.6. The predicted octanol–water partition coefficient (Wildman–Crippen LogP) is 6.64. The highest BCUT2D eigenvalue weighted by atomic mass is 32.2. The summed E-state index contributed by atoms with van der Waals surface area (Å²) in [6.07, 6.45) is 4.37.